The van der Waals surface area contributed by atoms with Crippen LogP contribution in [0.4, 0.5) is 5.69 Å². The van der Waals surface area contributed by atoms with Gasteiger partial charge in [-0.2, -0.15) is 0 Å². The number of sulfonamides is 1. The zero-order chi connectivity index (χ0) is 19.7. The Kier molecular flexibility index (Phi) is 4.94. The molecule has 1 aliphatic heterocycles. The van der Waals surface area contributed by atoms with Crippen molar-refractivity contribution in [1.29, 1.82) is 0 Å². The van der Waals surface area contributed by atoms with Crippen molar-refractivity contribution in [3.05, 3.63) is 48.7 Å². The van der Waals surface area contributed by atoms with E-state index in [4.69, 9.17) is 9.47 Å². The van der Waals surface area contributed by atoms with Crippen LogP contribution in [0.1, 0.15) is 0 Å². The number of fused-ring (bicyclic) bond motifs is 1. The van der Waals surface area contributed by atoms with Crippen molar-refractivity contribution in [2.24, 2.45) is 0 Å². The van der Waals surface area contributed by atoms with Gasteiger partial charge in [0.1, 0.15) is 0 Å². The summed E-state index contributed by atoms with van der Waals surface area (Å²) in [6.07, 6.45) is 2.03. The van der Waals surface area contributed by atoms with Crippen LogP contribution in [0.15, 0.2) is 58.7 Å². The highest BCUT2D eigenvalue weighted by molar-refractivity contribution is 7.99. The number of aryl methyl sites for hydroxylation is 1. The number of benzene rings is 2. The molecule has 0 atom stereocenters. The van der Waals surface area contributed by atoms with E-state index in [0.717, 1.165) is 28.7 Å². The van der Waals surface area contributed by atoms with E-state index in [1.807, 2.05) is 18.3 Å². The predicted molar refractivity (Wildman–Crippen MR) is 109 cm³/mol. The highest BCUT2D eigenvalue weighted by Gasteiger charge is 2.18. The Hall–Kier alpha value is -2.65. The summed E-state index contributed by atoms with van der Waals surface area (Å²) in [5, 5.41) is 1.02. The number of rotatable bonds is 6. The summed E-state index contributed by atoms with van der Waals surface area (Å²) in [5.74, 6) is 1.88. The molecule has 1 aliphatic rings. The number of thioether (sulfide) groups is 1. The SMILES string of the molecule is COc1ccc(S(=O)(=O)Nc2ccc(-c3cn4c(n3)SCC4)cc2)cc1OC. The molecule has 28 heavy (non-hydrogen) atoms. The van der Waals surface area contributed by atoms with Gasteiger partial charge in [0, 0.05) is 35.8 Å². The molecular formula is C19H19N3O4S2. The van der Waals surface area contributed by atoms with E-state index < -0.39 is 10.0 Å². The fourth-order valence-corrected chi connectivity index (χ4v) is 4.97. The number of anilines is 1. The number of nitrogens with zero attached hydrogens (tertiary/aromatic N) is 2. The first-order chi connectivity index (χ1) is 13.5. The minimum Gasteiger partial charge on any atom is -0.493 e. The molecule has 1 aromatic heterocycles. The van der Waals surface area contributed by atoms with Gasteiger partial charge in [0.25, 0.3) is 10.0 Å². The van der Waals surface area contributed by atoms with Crippen molar-refractivity contribution < 1.29 is 17.9 Å². The summed E-state index contributed by atoms with van der Waals surface area (Å²) in [5.41, 5.74) is 2.30. The molecule has 0 radical (unpaired) electrons. The fraction of sp³-hybridized carbons (Fsp3) is 0.211. The van der Waals surface area contributed by atoms with Crippen LogP contribution in [0.5, 0.6) is 11.5 Å². The van der Waals surface area contributed by atoms with Gasteiger partial charge in [-0.3, -0.25) is 4.72 Å². The van der Waals surface area contributed by atoms with Gasteiger partial charge >= 0.3 is 0 Å². The van der Waals surface area contributed by atoms with Gasteiger partial charge in [0.2, 0.25) is 0 Å². The van der Waals surface area contributed by atoms with Crippen molar-refractivity contribution >= 4 is 27.5 Å². The van der Waals surface area contributed by atoms with Gasteiger partial charge in [-0.05, 0) is 24.3 Å². The Labute approximate surface area is 167 Å². The van der Waals surface area contributed by atoms with Crippen LogP contribution in [0.25, 0.3) is 11.3 Å². The monoisotopic (exact) mass is 417 g/mol. The van der Waals surface area contributed by atoms with E-state index in [9.17, 15) is 8.42 Å². The zero-order valence-corrected chi connectivity index (χ0v) is 17.0. The van der Waals surface area contributed by atoms with Crippen LogP contribution in [-0.2, 0) is 16.6 Å². The Morgan fingerprint density at radius 2 is 1.82 bits per heavy atom. The van der Waals surface area contributed by atoms with Gasteiger partial charge in [-0.25, -0.2) is 13.4 Å². The Balaban J connectivity index is 1.54. The second kappa shape index (κ2) is 7.40. The number of hydrogen-bond acceptors (Lipinski definition) is 6. The van der Waals surface area contributed by atoms with Crippen LogP contribution < -0.4 is 14.2 Å². The summed E-state index contributed by atoms with van der Waals surface area (Å²) < 4.78 is 40.4. The van der Waals surface area contributed by atoms with E-state index >= 15 is 0 Å². The molecule has 3 aromatic rings. The van der Waals surface area contributed by atoms with Gasteiger partial charge in [0.15, 0.2) is 16.7 Å². The lowest BCUT2D eigenvalue weighted by molar-refractivity contribution is 0.354. The molecule has 0 fully saturated rings. The van der Waals surface area contributed by atoms with Gasteiger partial charge < -0.3 is 14.0 Å². The summed E-state index contributed by atoms with van der Waals surface area (Å²) in [7, 11) is -0.792. The van der Waals surface area contributed by atoms with Crippen molar-refractivity contribution in [1.82, 2.24) is 9.55 Å². The maximum atomic E-state index is 12.7. The number of hydrogen-bond donors (Lipinski definition) is 1. The van der Waals surface area contributed by atoms with E-state index in [2.05, 4.69) is 14.3 Å². The lowest BCUT2D eigenvalue weighted by atomic mass is 10.1. The molecule has 0 spiro atoms. The highest BCUT2D eigenvalue weighted by atomic mass is 32.2. The molecule has 2 aromatic carbocycles. The van der Waals surface area contributed by atoms with Gasteiger partial charge in [-0.1, -0.05) is 23.9 Å². The third-order valence-electron chi connectivity index (χ3n) is 4.40. The third kappa shape index (κ3) is 3.55. The van der Waals surface area contributed by atoms with E-state index in [1.54, 1.807) is 30.0 Å². The van der Waals surface area contributed by atoms with Crippen molar-refractivity contribution in [3.8, 4) is 22.8 Å². The second-order valence-corrected chi connectivity index (χ2v) is 8.89. The Bertz CT molecular complexity index is 1090. The number of imidazole rings is 1. The van der Waals surface area contributed by atoms with Crippen LogP contribution in [0, 0.1) is 0 Å². The van der Waals surface area contributed by atoms with E-state index in [-0.39, 0.29) is 4.90 Å². The van der Waals surface area contributed by atoms with Crippen molar-refractivity contribution in [3.63, 3.8) is 0 Å². The quantitative estimate of drug-likeness (QED) is 0.661. The predicted octanol–water partition coefficient (Wildman–Crippen LogP) is 3.47. The first-order valence-corrected chi connectivity index (χ1v) is 11.0. The number of ether oxygens (including phenoxy) is 2. The number of nitrogens with one attached hydrogen (secondary N) is 1. The fourth-order valence-electron chi connectivity index (χ4n) is 2.96. The van der Waals surface area contributed by atoms with Crippen molar-refractivity contribution in [2.45, 2.75) is 16.6 Å². The summed E-state index contributed by atoms with van der Waals surface area (Å²) in [6.45, 7) is 0.968. The van der Waals surface area contributed by atoms with Crippen LogP contribution in [-0.4, -0.2) is 37.9 Å². The van der Waals surface area contributed by atoms with Gasteiger partial charge in [-0.15, -0.1) is 0 Å². The number of aromatic nitrogens is 2. The lowest BCUT2D eigenvalue weighted by Gasteiger charge is -2.12. The van der Waals surface area contributed by atoms with Crippen LogP contribution in [0.3, 0.4) is 0 Å². The Morgan fingerprint density at radius 3 is 2.50 bits per heavy atom. The average Bonchev–Trinajstić information content (AvgIpc) is 3.30. The molecule has 0 saturated carbocycles. The molecule has 1 N–H and O–H groups in total. The minimum atomic E-state index is -3.75. The normalized spacial score (nSPS) is 13.2. The van der Waals surface area contributed by atoms with E-state index in [0.29, 0.717) is 17.2 Å². The molecule has 0 saturated heterocycles. The molecule has 0 amide bonds. The molecular weight excluding hydrogens is 398 g/mol. The number of methoxy groups -OCH3 is 2. The Morgan fingerprint density at radius 1 is 1.07 bits per heavy atom. The van der Waals surface area contributed by atoms with Crippen LogP contribution in [0.2, 0.25) is 0 Å². The first-order valence-electron chi connectivity index (χ1n) is 8.55. The largest absolute Gasteiger partial charge is 0.493 e. The third-order valence-corrected chi connectivity index (χ3v) is 6.75. The molecule has 0 bridgehead atoms. The zero-order valence-electron chi connectivity index (χ0n) is 15.4. The van der Waals surface area contributed by atoms with Crippen molar-refractivity contribution in [2.75, 3.05) is 24.7 Å². The van der Waals surface area contributed by atoms with Gasteiger partial charge in [0.05, 0.1) is 24.8 Å². The lowest BCUT2D eigenvalue weighted by Crippen LogP contribution is -2.13. The maximum absolute atomic E-state index is 12.7. The smallest absolute Gasteiger partial charge is 0.262 e. The molecule has 9 heteroatoms. The van der Waals surface area contributed by atoms with Crippen LogP contribution >= 0.6 is 11.8 Å². The molecule has 2 heterocycles. The molecule has 0 aliphatic carbocycles. The highest BCUT2D eigenvalue weighted by Crippen LogP contribution is 2.31. The molecule has 146 valence electrons. The summed E-state index contributed by atoms with van der Waals surface area (Å²) >= 11 is 1.74. The minimum absolute atomic E-state index is 0.0942. The molecule has 7 nitrogen and oxygen atoms in total. The molecule has 4 rings (SSSR count). The second-order valence-electron chi connectivity index (χ2n) is 6.15. The first kappa shape index (κ1) is 18.7. The molecule has 0 unspecified atom stereocenters. The maximum Gasteiger partial charge on any atom is 0.262 e. The topological polar surface area (TPSA) is 82.5 Å². The summed E-state index contributed by atoms with van der Waals surface area (Å²) in [4.78, 5) is 4.70. The standard InChI is InChI=1S/C19H19N3O4S2/c1-25-17-8-7-15(11-18(17)26-2)28(23,24)21-14-5-3-13(4-6-14)16-12-22-9-10-27-19(22)20-16/h3-8,11-12,21H,9-10H2,1-2H3. The summed E-state index contributed by atoms with van der Waals surface area (Å²) in [6, 6.07) is 11.6. The average molecular weight is 418 g/mol. The van der Waals surface area contributed by atoms with E-state index in [1.165, 1.54) is 26.4 Å².